The standard InChI is InChI=1S/C15H21N3S/c1-10(2)6-16-7-13-5-12(4)17-15(18-13)14-9-19-8-11(14)3/h5,8-10,16H,6-7H2,1-4H3. The highest BCUT2D eigenvalue weighted by Crippen LogP contribution is 2.24. The van der Waals surface area contributed by atoms with E-state index in [9.17, 15) is 0 Å². The Morgan fingerprint density at radius 1 is 1.21 bits per heavy atom. The minimum Gasteiger partial charge on any atom is -0.311 e. The normalized spacial score (nSPS) is 11.2. The van der Waals surface area contributed by atoms with Gasteiger partial charge in [-0.15, -0.1) is 0 Å². The van der Waals surface area contributed by atoms with Crippen molar-refractivity contribution in [2.75, 3.05) is 6.54 Å². The van der Waals surface area contributed by atoms with E-state index >= 15 is 0 Å². The zero-order valence-corrected chi connectivity index (χ0v) is 12.8. The van der Waals surface area contributed by atoms with Crippen LogP contribution in [-0.2, 0) is 6.54 Å². The highest BCUT2D eigenvalue weighted by atomic mass is 32.1. The number of hydrogen-bond donors (Lipinski definition) is 1. The summed E-state index contributed by atoms with van der Waals surface area (Å²) in [6, 6.07) is 2.05. The topological polar surface area (TPSA) is 37.8 Å². The van der Waals surface area contributed by atoms with E-state index in [0.29, 0.717) is 5.92 Å². The summed E-state index contributed by atoms with van der Waals surface area (Å²) in [5.74, 6) is 1.50. The average Bonchev–Trinajstić information content (AvgIpc) is 2.74. The van der Waals surface area contributed by atoms with Crippen LogP contribution in [0.4, 0.5) is 0 Å². The summed E-state index contributed by atoms with van der Waals surface area (Å²) in [6.45, 7) is 10.4. The Labute approximate surface area is 119 Å². The molecule has 0 radical (unpaired) electrons. The second-order valence-corrected chi connectivity index (χ2v) is 6.06. The molecular formula is C15H21N3S. The van der Waals surface area contributed by atoms with Gasteiger partial charge in [0.2, 0.25) is 0 Å². The zero-order valence-electron chi connectivity index (χ0n) is 12.0. The van der Waals surface area contributed by atoms with Crippen LogP contribution < -0.4 is 5.32 Å². The van der Waals surface area contributed by atoms with Gasteiger partial charge in [0.25, 0.3) is 0 Å². The average molecular weight is 275 g/mol. The Balaban J connectivity index is 2.18. The van der Waals surface area contributed by atoms with Crippen LogP contribution >= 0.6 is 11.3 Å². The Kier molecular flexibility index (Phi) is 4.66. The third-order valence-electron chi connectivity index (χ3n) is 2.86. The molecule has 0 spiro atoms. The third kappa shape index (κ3) is 3.85. The van der Waals surface area contributed by atoms with Gasteiger partial charge in [0.1, 0.15) is 0 Å². The van der Waals surface area contributed by atoms with Gasteiger partial charge in [-0.1, -0.05) is 13.8 Å². The quantitative estimate of drug-likeness (QED) is 0.906. The van der Waals surface area contributed by atoms with Gasteiger partial charge in [0, 0.05) is 23.2 Å². The van der Waals surface area contributed by atoms with E-state index < -0.39 is 0 Å². The van der Waals surface area contributed by atoms with Gasteiger partial charge in [0.15, 0.2) is 5.82 Å². The first-order valence-electron chi connectivity index (χ1n) is 6.64. The van der Waals surface area contributed by atoms with Crippen LogP contribution in [0.1, 0.15) is 30.8 Å². The number of aryl methyl sites for hydroxylation is 2. The van der Waals surface area contributed by atoms with Crippen molar-refractivity contribution in [1.29, 1.82) is 0 Å². The summed E-state index contributed by atoms with van der Waals surface area (Å²) in [4.78, 5) is 9.21. The van der Waals surface area contributed by atoms with Crippen LogP contribution in [0.3, 0.4) is 0 Å². The van der Waals surface area contributed by atoms with E-state index in [2.05, 4.69) is 52.9 Å². The minimum atomic E-state index is 0.654. The summed E-state index contributed by atoms with van der Waals surface area (Å²) in [5, 5.41) is 7.68. The predicted octanol–water partition coefficient (Wildman–Crippen LogP) is 3.57. The smallest absolute Gasteiger partial charge is 0.160 e. The van der Waals surface area contributed by atoms with E-state index in [4.69, 9.17) is 0 Å². The van der Waals surface area contributed by atoms with Crippen LogP contribution in [0.25, 0.3) is 11.4 Å². The fourth-order valence-electron chi connectivity index (χ4n) is 1.92. The van der Waals surface area contributed by atoms with Crippen molar-refractivity contribution in [2.45, 2.75) is 34.2 Å². The first kappa shape index (κ1) is 14.2. The van der Waals surface area contributed by atoms with Gasteiger partial charge in [-0.3, -0.25) is 0 Å². The maximum Gasteiger partial charge on any atom is 0.160 e. The first-order chi connectivity index (χ1) is 9.06. The van der Waals surface area contributed by atoms with Gasteiger partial charge < -0.3 is 5.32 Å². The SMILES string of the molecule is Cc1cc(CNCC(C)C)nc(-c2cscc2C)n1. The maximum atomic E-state index is 4.67. The number of aromatic nitrogens is 2. The Morgan fingerprint density at radius 2 is 2.00 bits per heavy atom. The van der Waals surface area contributed by atoms with Crippen molar-refractivity contribution in [3.05, 3.63) is 33.8 Å². The second kappa shape index (κ2) is 6.26. The Morgan fingerprint density at radius 3 is 2.63 bits per heavy atom. The molecule has 2 aromatic rings. The summed E-state index contributed by atoms with van der Waals surface area (Å²) in [5.41, 5.74) is 4.49. The van der Waals surface area contributed by atoms with Crippen molar-refractivity contribution in [3.63, 3.8) is 0 Å². The molecule has 1 N–H and O–H groups in total. The van der Waals surface area contributed by atoms with Crippen molar-refractivity contribution in [3.8, 4) is 11.4 Å². The van der Waals surface area contributed by atoms with Crippen molar-refractivity contribution < 1.29 is 0 Å². The van der Waals surface area contributed by atoms with Crippen LogP contribution in [0.2, 0.25) is 0 Å². The molecule has 0 aromatic carbocycles. The number of nitrogens with one attached hydrogen (secondary N) is 1. The van der Waals surface area contributed by atoms with E-state index in [1.165, 1.54) is 5.56 Å². The van der Waals surface area contributed by atoms with E-state index in [0.717, 1.165) is 35.9 Å². The highest BCUT2D eigenvalue weighted by molar-refractivity contribution is 7.08. The third-order valence-corrected chi connectivity index (χ3v) is 3.72. The van der Waals surface area contributed by atoms with Crippen LogP contribution in [-0.4, -0.2) is 16.5 Å². The van der Waals surface area contributed by atoms with Crippen LogP contribution in [0.15, 0.2) is 16.8 Å². The van der Waals surface area contributed by atoms with E-state index in [1.54, 1.807) is 11.3 Å². The molecule has 0 aliphatic heterocycles. The van der Waals surface area contributed by atoms with Crippen LogP contribution in [0.5, 0.6) is 0 Å². The molecule has 0 unspecified atom stereocenters. The molecule has 2 heterocycles. The van der Waals surface area contributed by atoms with Crippen molar-refractivity contribution in [2.24, 2.45) is 5.92 Å². The minimum absolute atomic E-state index is 0.654. The summed E-state index contributed by atoms with van der Waals surface area (Å²) in [7, 11) is 0. The molecule has 19 heavy (non-hydrogen) atoms. The molecule has 0 fully saturated rings. The lowest BCUT2D eigenvalue weighted by Gasteiger charge is -2.09. The monoisotopic (exact) mass is 275 g/mol. The molecular weight excluding hydrogens is 254 g/mol. The lowest BCUT2D eigenvalue weighted by molar-refractivity contribution is 0.548. The molecule has 2 aromatic heterocycles. The van der Waals surface area contributed by atoms with Crippen molar-refractivity contribution in [1.82, 2.24) is 15.3 Å². The largest absolute Gasteiger partial charge is 0.311 e. The molecule has 3 nitrogen and oxygen atoms in total. The number of nitrogens with zero attached hydrogens (tertiary/aromatic N) is 2. The molecule has 0 aliphatic rings. The molecule has 4 heteroatoms. The summed E-state index contributed by atoms with van der Waals surface area (Å²) >= 11 is 1.70. The molecule has 0 atom stereocenters. The summed E-state index contributed by atoms with van der Waals surface area (Å²) in [6.07, 6.45) is 0. The molecule has 0 bridgehead atoms. The van der Waals surface area contributed by atoms with E-state index in [1.807, 2.05) is 6.92 Å². The maximum absolute atomic E-state index is 4.67. The van der Waals surface area contributed by atoms with Crippen molar-refractivity contribution >= 4 is 11.3 Å². The lowest BCUT2D eigenvalue weighted by atomic mass is 10.2. The van der Waals surface area contributed by atoms with Gasteiger partial charge in [0.05, 0.1) is 5.69 Å². The molecule has 2 rings (SSSR count). The molecule has 0 saturated carbocycles. The fraction of sp³-hybridized carbons (Fsp3) is 0.467. The molecule has 0 saturated heterocycles. The van der Waals surface area contributed by atoms with E-state index in [-0.39, 0.29) is 0 Å². The zero-order chi connectivity index (χ0) is 13.8. The van der Waals surface area contributed by atoms with Gasteiger partial charge in [-0.05, 0) is 43.3 Å². The molecule has 0 aliphatic carbocycles. The number of rotatable bonds is 5. The Hall–Kier alpha value is -1.26. The van der Waals surface area contributed by atoms with Crippen LogP contribution in [0, 0.1) is 19.8 Å². The van der Waals surface area contributed by atoms with Gasteiger partial charge >= 0.3 is 0 Å². The molecule has 102 valence electrons. The molecule has 0 amide bonds. The number of thiophene rings is 1. The van der Waals surface area contributed by atoms with Gasteiger partial charge in [-0.25, -0.2) is 9.97 Å². The number of hydrogen-bond acceptors (Lipinski definition) is 4. The first-order valence-corrected chi connectivity index (χ1v) is 7.59. The van der Waals surface area contributed by atoms with Gasteiger partial charge in [-0.2, -0.15) is 11.3 Å². The fourth-order valence-corrected chi connectivity index (χ4v) is 2.75. The predicted molar refractivity (Wildman–Crippen MR) is 81.4 cm³/mol. The second-order valence-electron chi connectivity index (χ2n) is 5.32. The Bertz CT molecular complexity index is 546. The lowest BCUT2D eigenvalue weighted by Crippen LogP contribution is -2.20. The summed E-state index contributed by atoms with van der Waals surface area (Å²) < 4.78 is 0. The highest BCUT2D eigenvalue weighted by Gasteiger charge is 2.08.